The van der Waals surface area contributed by atoms with E-state index in [1.165, 1.54) is 12.1 Å². The molecule has 1 saturated heterocycles. The van der Waals surface area contributed by atoms with Crippen LogP contribution in [0.5, 0.6) is 0 Å². The van der Waals surface area contributed by atoms with E-state index >= 15 is 0 Å². The fourth-order valence-corrected chi connectivity index (χ4v) is 3.41. The van der Waals surface area contributed by atoms with Gasteiger partial charge in [0, 0.05) is 31.4 Å². The molecular weight excluding hydrogens is 369 g/mol. The number of carbonyl (C=O) groups is 1. The van der Waals surface area contributed by atoms with Gasteiger partial charge in [-0.15, -0.1) is 0 Å². The summed E-state index contributed by atoms with van der Waals surface area (Å²) in [6.07, 6.45) is 1.73. The molecule has 148 valence electrons. The number of hydrogen-bond donors (Lipinski definition) is 1. The third-order valence-electron chi connectivity index (χ3n) is 4.94. The number of anilines is 1. The summed E-state index contributed by atoms with van der Waals surface area (Å²) in [4.78, 5) is 19.2. The van der Waals surface area contributed by atoms with Crippen molar-refractivity contribution in [1.82, 2.24) is 10.3 Å². The Morgan fingerprint density at radius 3 is 2.59 bits per heavy atom. The molecule has 6 heteroatoms. The third-order valence-corrected chi connectivity index (χ3v) is 4.94. The van der Waals surface area contributed by atoms with Crippen molar-refractivity contribution in [2.24, 2.45) is 0 Å². The zero-order chi connectivity index (χ0) is 20.1. The van der Waals surface area contributed by atoms with E-state index in [4.69, 9.17) is 4.74 Å². The zero-order valence-electron chi connectivity index (χ0n) is 16.0. The molecule has 0 spiro atoms. The molecule has 0 atom stereocenters. The lowest BCUT2D eigenvalue weighted by atomic mass is 10.0. The number of hydrogen-bond acceptors (Lipinski definition) is 4. The molecular formula is C23H22FN3O2. The van der Waals surface area contributed by atoms with E-state index in [9.17, 15) is 9.18 Å². The van der Waals surface area contributed by atoms with Gasteiger partial charge >= 0.3 is 0 Å². The number of halogens is 1. The van der Waals surface area contributed by atoms with E-state index < -0.39 is 11.7 Å². The zero-order valence-corrected chi connectivity index (χ0v) is 16.0. The van der Waals surface area contributed by atoms with E-state index in [-0.39, 0.29) is 12.1 Å². The third kappa shape index (κ3) is 4.43. The molecule has 29 heavy (non-hydrogen) atoms. The SMILES string of the molecule is O=C(NCc1cccnc1N1CCOCC1)c1ccc(-c2ccccc2)cc1F. The Balaban J connectivity index is 1.47. The van der Waals surface area contributed by atoms with Gasteiger partial charge in [-0.05, 0) is 29.3 Å². The fraction of sp³-hybridized carbons (Fsp3) is 0.217. The summed E-state index contributed by atoms with van der Waals surface area (Å²) in [5.74, 6) is -0.154. The Bertz CT molecular complexity index is 988. The molecule has 3 aromatic rings. The molecule has 1 aliphatic rings. The number of pyridine rings is 1. The minimum atomic E-state index is -0.538. The average Bonchev–Trinajstić information content (AvgIpc) is 2.79. The second-order valence-electron chi connectivity index (χ2n) is 6.83. The van der Waals surface area contributed by atoms with E-state index in [2.05, 4.69) is 15.2 Å². The summed E-state index contributed by atoms with van der Waals surface area (Å²) in [6, 6.07) is 18.0. The maximum Gasteiger partial charge on any atom is 0.254 e. The number of aromatic nitrogens is 1. The molecule has 0 unspecified atom stereocenters. The Labute approximate surface area is 169 Å². The van der Waals surface area contributed by atoms with Gasteiger partial charge in [-0.2, -0.15) is 0 Å². The number of ether oxygens (including phenoxy) is 1. The lowest BCUT2D eigenvalue weighted by molar-refractivity contribution is 0.0946. The van der Waals surface area contributed by atoms with Crippen LogP contribution >= 0.6 is 0 Å². The Morgan fingerprint density at radius 1 is 1.03 bits per heavy atom. The summed E-state index contributed by atoms with van der Waals surface area (Å²) in [5.41, 5.74) is 2.57. The first-order chi connectivity index (χ1) is 14.2. The topological polar surface area (TPSA) is 54.5 Å². The molecule has 0 aliphatic carbocycles. The van der Waals surface area contributed by atoms with Crippen molar-refractivity contribution in [3.63, 3.8) is 0 Å². The molecule has 1 amide bonds. The highest BCUT2D eigenvalue weighted by Gasteiger charge is 2.17. The minimum Gasteiger partial charge on any atom is -0.378 e. The van der Waals surface area contributed by atoms with Crippen LogP contribution in [0.1, 0.15) is 15.9 Å². The Hall–Kier alpha value is -3.25. The molecule has 2 heterocycles. The van der Waals surface area contributed by atoms with Crippen LogP contribution in [0.25, 0.3) is 11.1 Å². The monoisotopic (exact) mass is 391 g/mol. The first-order valence-electron chi connectivity index (χ1n) is 9.62. The fourth-order valence-electron chi connectivity index (χ4n) is 3.41. The standard InChI is InChI=1S/C23H22FN3O2/c24-21-15-18(17-5-2-1-3-6-17)8-9-20(21)23(28)26-16-19-7-4-10-25-22(19)27-11-13-29-14-12-27/h1-10,15H,11-14,16H2,(H,26,28). The van der Waals surface area contributed by atoms with E-state index in [0.29, 0.717) is 13.2 Å². The lowest BCUT2D eigenvalue weighted by Gasteiger charge is -2.29. The summed E-state index contributed by atoms with van der Waals surface area (Å²) in [7, 11) is 0. The number of nitrogens with one attached hydrogen (secondary N) is 1. The number of nitrogens with zero attached hydrogens (tertiary/aromatic N) is 2. The predicted octanol–water partition coefficient (Wildman–Crippen LogP) is 3.65. The number of rotatable bonds is 5. The second kappa shape index (κ2) is 8.84. The van der Waals surface area contributed by atoms with Crippen LogP contribution < -0.4 is 10.2 Å². The molecule has 1 N–H and O–H groups in total. The van der Waals surface area contributed by atoms with Gasteiger partial charge < -0.3 is 15.0 Å². The molecule has 4 rings (SSSR count). The summed E-state index contributed by atoms with van der Waals surface area (Å²) < 4.78 is 20.0. The van der Waals surface area contributed by atoms with Gasteiger partial charge in [-0.1, -0.05) is 42.5 Å². The van der Waals surface area contributed by atoms with Crippen molar-refractivity contribution in [2.75, 3.05) is 31.2 Å². The van der Waals surface area contributed by atoms with Crippen molar-refractivity contribution in [2.45, 2.75) is 6.54 Å². The Kier molecular flexibility index (Phi) is 5.81. The second-order valence-corrected chi connectivity index (χ2v) is 6.83. The highest BCUT2D eigenvalue weighted by Crippen LogP contribution is 2.22. The molecule has 5 nitrogen and oxygen atoms in total. The van der Waals surface area contributed by atoms with E-state index in [1.54, 1.807) is 12.3 Å². The lowest BCUT2D eigenvalue weighted by Crippen LogP contribution is -2.37. The first-order valence-corrected chi connectivity index (χ1v) is 9.62. The smallest absolute Gasteiger partial charge is 0.254 e. The van der Waals surface area contributed by atoms with Crippen molar-refractivity contribution >= 4 is 11.7 Å². The van der Waals surface area contributed by atoms with Crippen LogP contribution in [0.2, 0.25) is 0 Å². The summed E-state index contributed by atoms with van der Waals surface area (Å²) in [6.45, 7) is 3.10. The van der Waals surface area contributed by atoms with Gasteiger partial charge in [0.05, 0.1) is 18.8 Å². The molecule has 0 radical (unpaired) electrons. The van der Waals surface area contributed by atoms with Crippen LogP contribution in [0.3, 0.4) is 0 Å². The molecule has 1 aromatic heterocycles. The molecule has 1 fully saturated rings. The number of amides is 1. The van der Waals surface area contributed by atoms with Gasteiger partial charge in [-0.3, -0.25) is 4.79 Å². The minimum absolute atomic E-state index is 0.0292. The van der Waals surface area contributed by atoms with Gasteiger partial charge in [0.1, 0.15) is 11.6 Å². The molecule has 2 aromatic carbocycles. The molecule has 0 bridgehead atoms. The highest BCUT2D eigenvalue weighted by molar-refractivity contribution is 5.95. The predicted molar refractivity (Wildman–Crippen MR) is 110 cm³/mol. The van der Waals surface area contributed by atoms with Gasteiger partial charge in [-0.25, -0.2) is 9.37 Å². The van der Waals surface area contributed by atoms with Crippen LogP contribution in [0.4, 0.5) is 10.2 Å². The maximum atomic E-state index is 14.6. The van der Waals surface area contributed by atoms with Crippen molar-refractivity contribution in [3.05, 3.63) is 83.8 Å². The van der Waals surface area contributed by atoms with E-state index in [0.717, 1.165) is 35.6 Å². The largest absolute Gasteiger partial charge is 0.378 e. The Morgan fingerprint density at radius 2 is 1.83 bits per heavy atom. The van der Waals surface area contributed by atoms with Crippen molar-refractivity contribution < 1.29 is 13.9 Å². The van der Waals surface area contributed by atoms with Crippen molar-refractivity contribution in [3.8, 4) is 11.1 Å². The van der Waals surface area contributed by atoms with Crippen molar-refractivity contribution in [1.29, 1.82) is 0 Å². The normalized spacial score (nSPS) is 13.9. The van der Waals surface area contributed by atoms with Gasteiger partial charge in [0.15, 0.2) is 0 Å². The van der Waals surface area contributed by atoms with Crippen LogP contribution in [-0.4, -0.2) is 37.2 Å². The molecule has 1 aliphatic heterocycles. The summed E-state index contributed by atoms with van der Waals surface area (Å²) in [5, 5.41) is 2.82. The summed E-state index contributed by atoms with van der Waals surface area (Å²) >= 11 is 0. The van der Waals surface area contributed by atoms with Gasteiger partial charge in [0.25, 0.3) is 5.91 Å². The van der Waals surface area contributed by atoms with Crippen LogP contribution in [0, 0.1) is 5.82 Å². The average molecular weight is 391 g/mol. The number of carbonyl (C=O) groups excluding carboxylic acids is 1. The number of morpholine rings is 1. The van der Waals surface area contributed by atoms with Crippen LogP contribution in [0.15, 0.2) is 66.9 Å². The first kappa shape index (κ1) is 19.1. The van der Waals surface area contributed by atoms with Gasteiger partial charge in [0.2, 0.25) is 0 Å². The highest BCUT2D eigenvalue weighted by atomic mass is 19.1. The quantitative estimate of drug-likeness (QED) is 0.721. The van der Waals surface area contributed by atoms with E-state index in [1.807, 2.05) is 42.5 Å². The molecule has 0 saturated carbocycles. The number of benzene rings is 2. The maximum absolute atomic E-state index is 14.6. The van der Waals surface area contributed by atoms with Crippen LogP contribution in [-0.2, 0) is 11.3 Å².